The lowest BCUT2D eigenvalue weighted by Gasteiger charge is -2.05. The van der Waals surface area contributed by atoms with Gasteiger partial charge in [0.2, 0.25) is 0 Å². The van der Waals surface area contributed by atoms with Crippen LogP contribution in [0.3, 0.4) is 0 Å². The monoisotopic (exact) mass is 228 g/mol. The molecule has 0 heterocycles. The molecule has 0 aromatic rings. The molecule has 0 amide bonds. The van der Waals surface area contributed by atoms with Crippen LogP contribution in [0.4, 0.5) is 0 Å². The number of carbonyl (C=O) groups excluding carboxylic acids is 1. The van der Waals surface area contributed by atoms with Gasteiger partial charge in [0.05, 0.1) is 19.4 Å². The molecule has 0 saturated carbocycles. The smallest absolute Gasteiger partial charge is 0.339 e. The highest BCUT2D eigenvalue weighted by atomic mass is 31.2. The van der Waals surface area contributed by atoms with E-state index < -0.39 is 19.9 Å². The average molecular weight is 228 g/mol. The number of esters is 1. The van der Waals surface area contributed by atoms with Gasteiger partial charge >= 0.3 is 13.6 Å². The van der Waals surface area contributed by atoms with E-state index in [0.29, 0.717) is 6.61 Å². The Morgan fingerprint density at radius 1 is 1.50 bits per heavy atom. The quantitative estimate of drug-likeness (QED) is 0.366. The summed E-state index contributed by atoms with van der Waals surface area (Å²) in [6.07, 6.45) is 0.221. The minimum Gasteiger partial charge on any atom is -0.465 e. The third kappa shape index (κ3) is 11.5. The van der Waals surface area contributed by atoms with Crippen molar-refractivity contribution < 1.29 is 23.9 Å². The summed E-state index contributed by atoms with van der Waals surface area (Å²) < 4.78 is 15.0. The summed E-state index contributed by atoms with van der Waals surface area (Å²) in [6.45, 7) is 2.01. The maximum absolute atomic E-state index is 10.8. The maximum Gasteiger partial charge on any atom is 0.339 e. The van der Waals surface area contributed by atoms with Crippen molar-refractivity contribution in [2.24, 2.45) is 0 Å². The molecule has 8 heteroatoms. The molecular weight excluding hydrogens is 211 g/mol. The van der Waals surface area contributed by atoms with Gasteiger partial charge in [-0.3, -0.25) is 14.7 Å². The second-order valence-corrected chi connectivity index (χ2v) is 4.12. The number of nitrogens with one attached hydrogen (secondary N) is 1. The van der Waals surface area contributed by atoms with Crippen molar-refractivity contribution in [1.29, 1.82) is 0 Å². The molecule has 0 unspecified atom stereocenters. The molecule has 0 bridgehead atoms. The molecule has 0 spiro atoms. The lowest BCUT2D eigenvalue weighted by molar-refractivity contribution is -0.142. The Balaban J connectivity index is 0. The number of rotatable bonds is 6. The van der Waals surface area contributed by atoms with Gasteiger partial charge < -0.3 is 20.7 Å². The Labute approximate surface area is 82.6 Å². The second kappa shape index (κ2) is 7.90. The van der Waals surface area contributed by atoms with E-state index in [4.69, 9.17) is 9.79 Å². The van der Waals surface area contributed by atoms with Crippen LogP contribution in [-0.4, -0.2) is 35.2 Å². The van der Waals surface area contributed by atoms with Crippen LogP contribution in [0.2, 0.25) is 0 Å². The molecule has 0 rings (SSSR count). The van der Waals surface area contributed by atoms with E-state index in [9.17, 15) is 9.36 Å². The Kier molecular flexibility index (Phi) is 9.02. The fraction of sp³-hybridized carbons (Fsp3) is 0.833. The van der Waals surface area contributed by atoms with Crippen molar-refractivity contribution in [1.82, 2.24) is 11.5 Å². The van der Waals surface area contributed by atoms with Gasteiger partial charge in [-0.1, -0.05) is 6.92 Å². The predicted molar refractivity (Wildman–Crippen MR) is 51.2 cm³/mol. The molecule has 0 aromatic carbocycles. The van der Waals surface area contributed by atoms with Crippen LogP contribution in [0.15, 0.2) is 0 Å². The minimum atomic E-state index is -4.07. The van der Waals surface area contributed by atoms with Crippen molar-refractivity contribution >= 4 is 13.6 Å². The largest absolute Gasteiger partial charge is 0.465 e. The molecule has 14 heavy (non-hydrogen) atoms. The summed E-state index contributed by atoms with van der Waals surface area (Å²) in [7, 11) is -4.07. The molecule has 0 atom stereocenters. The minimum absolute atomic E-state index is 0. The lowest BCUT2D eigenvalue weighted by Crippen LogP contribution is -2.25. The van der Waals surface area contributed by atoms with Crippen LogP contribution in [0.25, 0.3) is 0 Å². The van der Waals surface area contributed by atoms with Gasteiger partial charge in [-0.2, -0.15) is 0 Å². The molecular formula is C6H17N2O5P. The topological polar surface area (TPSA) is 131 Å². The first-order valence-electron chi connectivity index (χ1n) is 3.86. The van der Waals surface area contributed by atoms with E-state index in [1.807, 2.05) is 6.92 Å². The van der Waals surface area contributed by atoms with E-state index in [1.54, 1.807) is 0 Å². The standard InChI is InChI=1S/C6H14NO5P.H3N/c1-2-3-12-6(8)4-7-5-13(9,10)11;/h7H,2-5H2,1H3,(H2,9,10,11);1H3. The zero-order valence-electron chi connectivity index (χ0n) is 8.10. The number of hydrogen-bond donors (Lipinski definition) is 4. The van der Waals surface area contributed by atoms with Crippen LogP contribution < -0.4 is 11.5 Å². The number of hydrogen-bond acceptors (Lipinski definition) is 5. The van der Waals surface area contributed by atoms with Gasteiger partial charge in [-0.25, -0.2) is 0 Å². The van der Waals surface area contributed by atoms with Gasteiger partial charge in [0.1, 0.15) is 0 Å². The van der Waals surface area contributed by atoms with Crippen LogP contribution in [0, 0.1) is 0 Å². The third-order valence-corrected chi connectivity index (χ3v) is 1.69. The highest BCUT2D eigenvalue weighted by molar-refractivity contribution is 7.51. The van der Waals surface area contributed by atoms with Crippen molar-refractivity contribution in [3.05, 3.63) is 0 Å². The van der Waals surface area contributed by atoms with E-state index in [2.05, 4.69) is 10.1 Å². The Bertz CT molecular complexity index is 204. The first-order chi connectivity index (χ1) is 5.95. The molecule has 7 nitrogen and oxygen atoms in total. The molecule has 0 fully saturated rings. The Morgan fingerprint density at radius 2 is 2.07 bits per heavy atom. The van der Waals surface area contributed by atoms with Gasteiger partial charge in [-0.05, 0) is 6.42 Å². The fourth-order valence-corrected chi connectivity index (χ4v) is 0.974. The first-order valence-corrected chi connectivity index (χ1v) is 5.66. The normalized spacial score (nSPS) is 10.5. The van der Waals surface area contributed by atoms with Crippen molar-refractivity contribution in [2.45, 2.75) is 13.3 Å². The SMILES string of the molecule is CCCOC(=O)CNCP(=O)(O)O.N. The third-order valence-electron chi connectivity index (χ3n) is 1.05. The number of ether oxygens (including phenoxy) is 1. The lowest BCUT2D eigenvalue weighted by atomic mass is 10.5. The van der Waals surface area contributed by atoms with E-state index in [1.165, 1.54) is 0 Å². The summed E-state index contributed by atoms with van der Waals surface area (Å²) >= 11 is 0. The van der Waals surface area contributed by atoms with Crippen molar-refractivity contribution in [3.8, 4) is 0 Å². The second-order valence-electron chi connectivity index (χ2n) is 2.47. The van der Waals surface area contributed by atoms with E-state index in [0.717, 1.165) is 6.42 Å². The van der Waals surface area contributed by atoms with Gasteiger partial charge in [0.25, 0.3) is 0 Å². The first kappa shape index (κ1) is 16.0. The summed E-state index contributed by atoms with van der Waals surface area (Å²) in [6, 6.07) is 0. The summed E-state index contributed by atoms with van der Waals surface area (Å²) in [5.41, 5.74) is 0. The molecule has 6 N–H and O–H groups in total. The van der Waals surface area contributed by atoms with Crippen molar-refractivity contribution in [3.63, 3.8) is 0 Å². The van der Waals surface area contributed by atoms with Crippen LogP contribution in [0.1, 0.15) is 13.3 Å². The summed E-state index contributed by atoms with van der Waals surface area (Å²) in [5, 5.41) is 2.30. The van der Waals surface area contributed by atoms with Crippen LogP contribution in [-0.2, 0) is 14.1 Å². The van der Waals surface area contributed by atoms with E-state index >= 15 is 0 Å². The molecule has 0 saturated heterocycles. The van der Waals surface area contributed by atoms with Crippen LogP contribution >= 0.6 is 7.60 Å². The molecule has 0 aliphatic heterocycles. The summed E-state index contributed by atoms with van der Waals surface area (Å²) in [4.78, 5) is 27.6. The Morgan fingerprint density at radius 3 is 2.50 bits per heavy atom. The molecule has 86 valence electrons. The van der Waals surface area contributed by atoms with E-state index in [-0.39, 0.29) is 12.7 Å². The zero-order valence-corrected chi connectivity index (χ0v) is 9.00. The zero-order chi connectivity index (χ0) is 10.3. The maximum atomic E-state index is 10.8. The van der Waals surface area contributed by atoms with Gasteiger partial charge in [0.15, 0.2) is 0 Å². The highest BCUT2D eigenvalue weighted by Gasteiger charge is 2.12. The fourth-order valence-electron chi connectivity index (χ4n) is 0.571. The molecule has 0 aliphatic rings. The van der Waals surface area contributed by atoms with Gasteiger partial charge in [0, 0.05) is 0 Å². The average Bonchev–Trinajstić information content (AvgIpc) is 1.98. The van der Waals surface area contributed by atoms with Crippen molar-refractivity contribution in [2.75, 3.05) is 19.4 Å². The molecule has 0 radical (unpaired) electrons. The van der Waals surface area contributed by atoms with Gasteiger partial charge in [-0.15, -0.1) is 0 Å². The predicted octanol–water partition coefficient (Wildman–Crippen LogP) is -0.174. The molecule has 0 aromatic heterocycles. The highest BCUT2D eigenvalue weighted by Crippen LogP contribution is 2.31. The molecule has 0 aliphatic carbocycles. The Hall–Kier alpha value is -0.460. The number of carbonyl (C=O) groups is 1. The van der Waals surface area contributed by atoms with Crippen LogP contribution in [0.5, 0.6) is 0 Å². The summed E-state index contributed by atoms with van der Waals surface area (Å²) in [5.74, 6) is -0.504.